The molecule has 0 aromatic heterocycles. The Morgan fingerprint density at radius 3 is 1.88 bits per heavy atom. The molecule has 0 rings (SSSR count). The zero-order valence-electron chi connectivity index (χ0n) is 16.1. The van der Waals surface area contributed by atoms with Gasteiger partial charge in [0.1, 0.15) is 13.1 Å². The van der Waals surface area contributed by atoms with Crippen molar-refractivity contribution in [3.05, 3.63) is 25.3 Å². The van der Waals surface area contributed by atoms with Crippen LogP contribution in [-0.4, -0.2) is 81.6 Å². The van der Waals surface area contributed by atoms with Gasteiger partial charge in [-0.05, 0) is 25.0 Å². The first kappa shape index (κ1) is 22.5. The fraction of sp³-hybridized carbons (Fsp3) is 0.684. The molecule has 0 aromatic rings. The third-order valence-corrected chi connectivity index (χ3v) is 4.40. The molecule has 5 nitrogen and oxygen atoms in total. The molecular formula is C19H37N3O2+2. The van der Waals surface area contributed by atoms with Crippen molar-refractivity contribution in [2.75, 3.05) is 60.9 Å². The average molecular weight is 340 g/mol. The van der Waals surface area contributed by atoms with Gasteiger partial charge < -0.3 is 14.3 Å². The van der Waals surface area contributed by atoms with E-state index in [0.717, 1.165) is 54.4 Å². The summed E-state index contributed by atoms with van der Waals surface area (Å²) in [5.41, 5.74) is 0. The second kappa shape index (κ2) is 11.2. The van der Waals surface area contributed by atoms with Gasteiger partial charge in [0.25, 0.3) is 0 Å². The highest BCUT2D eigenvalue weighted by Crippen LogP contribution is 2.07. The standard InChI is InChI=1S/C19H36N3O2/c1-7-18(23)12-9-10-14-21(3,4)16-17-22(5,6)15-11-13-20-19(24)8-2/h7-8H,1-2,9-17H2,3-6H3/q+1/p+1. The van der Waals surface area contributed by atoms with Crippen molar-refractivity contribution in [2.45, 2.75) is 25.7 Å². The number of likely N-dealkylation sites (N-methyl/N-ethyl adjacent to an activating group) is 2. The first-order valence-corrected chi connectivity index (χ1v) is 8.81. The minimum absolute atomic E-state index is 0.104. The van der Waals surface area contributed by atoms with Crippen molar-refractivity contribution in [2.24, 2.45) is 0 Å². The number of quaternary nitrogens is 2. The van der Waals surface area contributed by atoms with E-state index in [9.17, 15) is 9.59 Å². The molecule has 5 heteroatoms. The molecule has 24 heavy (non-hydrogen) atoms. The first-order valence-electron chi connectivity index (χ1n) is 8.81. The van der Waals surface area contributed by atoms with Gasteiger partial charge in [-0.15, -0.1) is 0 Å². The minimum atomic E-state index is -0.104. The van der Waals surface area contributed by atoms with E-state index in [1.54, 1.807) is 0 Å². The summed E-state index contributed by atoms with van der Waals surface area (Å²) in [7, 11) is 8.97. The van der Waals surface area contributed by atoms with Crippen LogP contribution in [0.4, 0.5) is 0 Å². The van der Waals surface area contributed by atoms with Crippen LogP contribution in [0.3, 0.4) is 0 Å². The largest absolute Gasteiger partial charge is 0.352 e. The Kier molecular flexibility index (Phi) is 10.5. The van der Waals surface area contributed by atoms with Crippen LogP contribution in [0, 0.1) is 0 Å². The molecule has 0 fully saturated rings. The maximum Gasteiger partial charge on any atom is 0.243 e. The SMILES string of the molecule is C=CC(=O)CCCC[N+](C)(C)CC[N+](C)(C)CCCNC(=O)C=C. The van der Waals surface area contributed by atoms with Gasteiger partial charge in [-0.2, -0.15) is 0 Å². The fourth-order valence-electron chi connectivity index (χ4n) is 2.50. The van der Waals surface area contributed by atoms with E-state index in [2.05, 4.69) is 46.7 Å². The topological polar surface area (TPSA) is 46.2 Å². The van der Waals surface area contributed by atoms with Crippen molar-refractivity contribution < 1.29 is 18.6 Å². The van der Waals surface area contributed by atoms with Crippen LogP contribution in [0.15, 0.2) is 25.3 Å². The number of unbranched alkanes of at least 4 members (excludes halogenated alkanes) is 1. The summed E-state index contributed by atoms with van der Waals surface area (Å²) in [6.45, 7) is 12.0. The zero-order valence-corrected chi connectivity index (χ0v) is 16.1. The van der Waals surface area contributed by atoms with E-state index in [4.69, 9.17) is 0 Å². The summed E-state index contributed by atoms with van der Waals surface area (Å²) in [6, 6.07) is 0. The maximum absolute atomic E-state index is 11.2. The van der Waals surface area contributed by atoms with Crippen LogP contribution >= 0.6 is 0 Å². The number of nitrogens with zero attached hydrogens (tertiary/aromatic N) is 2. The van der Waals surface area contributed by atoms with Crippen molar-refractivity contribution in [1.82, 2.24) is 5.32 Å². The second-order valence-corrected chi connectivity index (χ2v) is 7.74. The van der Waals surface area contributed by atoms with Crippen molar-refractivity contribution in [1.29, 1.82) is 0 Å². The second-order valence-electron chi connectivity index (χ2n) is 7.74. The monoisotopic (exact) mass is 339 g/mol. The zero-order chi connectivity index (χ0) is 18.6. The molecule has 1 amide bonds. The summed E-state index contributed by atoms with van der Waals surface area (Å²) in [5, 5.41) is 2.82. The van der Waals surface area contributed by atoms with Crippen LogP contribution in [0.1, 0.15) is 25.7 Å². The van der Waals surface area contributed by atoms with Gasteiger partial charge in [0, 0.05) is 19.4 Å². The first-order chi connectivity index (χ1) is 11.1. The van der Waals surface area contributed by atoms with Crippen molar-refractivity contribution >= 4 is 11.7 Å². The molecule has 0 aromatic carbocycles. The maximum atomic E-state index is 11.2. The number of allylic oxidation sites excluding steroid dienone is 1. The predicted molar refractivity (Wildman–Crippen MR) is 101 cm³/mol. The molecule has 0 saturated heterocycles. The van der Waals surface area contributed by atoms with Gasteiger partial charge in [-0.25, -0.2) is 0 Å². The van der Waals surface area contributed by atoms with Gasteiger partial charge in [0.2, 0.25) is 5.91 Å². The normalized spacial score (nSPS) is 11.8. The van der Waals surface area contributed by atoms with E-state index in [1.165, 1.54) is 12.2 Å². The molecule has 0 unspecified atom stereocenters. The molecule has 138 valence electrons. The summed E-state index contributed by atoms with van der Waals surface area (Å²) < 4.78 is 1.91. The van der Waals surface area contributed by atoms with Gasteiger partial charge >= 0.3 is 0 Å². The molecule has 0 aliphatic carbocycles. The molecular weight excluding hydrogens is 302 g/mol. The Bertz CT molecular complexity index is 388. The predicted octanol–water partition coefficient (Wildman–Crippen LogP) is 1.76. The van der Waals surface area contributed by atoms with Gasteiger partial charge in [-0.3, -0.25) is 9.59 Å². The Hall–Kier alpha value is -1.46. The molecule has 0 heterocycles. The number of carbonyl (C=O) groups is 2. The number of carbonyl (C=O) groups excluding carboxylic acids is 2. The highest BCUT2D eigenvalue weighted by molar-refractivity contribution is 5.88. The Morgan fingerprint density at radius 1 is 0.833 bits per heavy atom. The summed E-state index contributed by atoms with van der Waals surface area (Å²) in [4.78, 5) is 22.3. The van der Waals surface area contributed by atoms with Gasteiger partial charge in [-0.1, -0.05) is 13.2 Å². The number of nitrogens with one attached hydrogen (secondary N) is 1. The molecule has 0 aliphatic heterocycles. The molecule has 0 radical (unpaired) electrons. The summed E-state index contributed by atoms with van der Waals surface area (Å²) >= 11 is 0. The lowest BCUT2D eigenvalue weighted by Gasteiger charge is -2.35. The lowest BCUT2D eigenvalue weighted by atomic mass is 10.1. The lowest BCUT2D eigenvalue weighted by molar-refractivity contribution is -0.946. The van der Waals surface area contributed by atoms with Crippen LogP contribution < -0.4 is 5.32 Å². The third-order valence-electron chi connectivity index (χ3n) is 4.40. The van der Waals surface area contributed by atoms with E-state index < -0.39 is 0 Å². The van der Waals surface area contributed by atoms with E-state index >= 15 is 0 Å². The summed E-state index contributed by atoms with van der Waals surface area (Å²) in [5.74, 6) is 0.0368. The van der Waals surface area contributed by atoms with Gasteiger partial charge in [0.15, 0.2) is 5.78 Å². The van der Waals surface area contributed by atoms with Crippen molar-refractivity contribution in [3.63, 3.8) is 0 Å². The molecule has 0 atom stereocenters. The van der Waals surface area contributed by atoms with Crippen LogP contribution in [0.25, 0.3) is 0 Å². The molecule has 0 saturated carbocycles. The molecule has 0 aliphatic rings. The van der Waals surface area contributed by atoms with E-state index in [0.29, 0.717) is 13.0 Å². The molecule has 0 bridgehead atoms. The number of ketones is 1. The fourth-order valence-corrected chi connectivity index (χ4v) is 2.50. The average Bonchev–Trinajstić information content (AvgIpc) is 2.53. The van der Waals surface area contributed by atoms with Crippen LogP contribution in [-0.2, 0) is 9.59 Å². The Labute approximate surface area is 148 Å². The molecule has 0 spiro atoms. The molecule has 1 N–H and O–H groups in total. The minimum Gasteiger partial charge on any atom is -0.352 e. The Morgan fingerprint density at radius 2 is 1.38 bits per heavy atom. The smallest absolute Gasteiger partial charge is 0.243 e. The highest BCUT2D eigenvalue weighted by Gasteiger charge is 2.22. The number of hydrogen-bond acceptors (Lipinski definition) is 2. The number of amides is 1. The quantitative estimate of drug-likeness (QED) is 0.298. The number of rotatable bonds is 14. The Balaban J connectivity index is 3.99. The van der Waals surface area contributed by atoms with Crippen LogP contribution in [0.5, 0.6) is 0 Å². The summed E-state index contributed by atoms with van der Waals surface area (Å²) in [6.07, 6.45) is 6.30. The lowest BCUT2D eigenvalue weighted by Crippen LogP contribution is -2.51. The van der Waals surface area contributed by atoms with Crippen molar-refractivity contribution in [3.8, 4) is 0 Å². The van der Waals surface area contributed by atoms with E-state index in [-0.39, 0.29) is 11.7 Å². The third kappa shape index (κ3) is 12.0. The van der Waals surface area contributed by atoms with E-state index in [1.807, 2.05) is 0 Å². The number of hydrogen-bond donors (Lipinski definition) is 1. The van der Waals surface area contributed by atoms with Gasteiger partial charge in [0.05, 0.1) is 41.3 Å². The highest BCUT2D eigenvalue weighted by atomic mass is 16.1. The van der Waals surface area contributed by atoms with Crippen LogP contribution in [0.2, 0.25) is 0 Å².